The van der Waals surface area contributed by atoms with Gasteiger partial charge in [0.15, 0.2) is 5.78 Å². The van der Waals surface area contributed by atoms with Gasteiger partial charge < -0.3 is 11.1 Å². The number of benzene rings is 2. The Hall–Kier alpha value is -2.90. The maximum absolute atomic E-state index is 14.5. The quantitative estimate of drug-likeness (QED) is 0.582. The number of nitrogens with zero attached hydrogens (tertiary/aromatic N) is 1. The van der Waals surface area contributed by atoms with Crippen molar-refractivity contribution in [3.63, 3.8) is 0 Å². The molecule has 1 aliphatic rings. The SMILES string of the molecule is NC(=O)c1ccc(-c2nc(C(=O)[CH]C3CCCCN3)c(-c3ccccc3F)s2)cc1. The molecule has 1 radical (unpaired) electrons. The van der Waals surface area contributed by atoms with Gasteiger partial charge in [0, 0.05) is 22.7 Å². The van der Waals surface area contributed by atoms with Gasteiger partial charge in [0.25, 0.3) is 0 Å². The van der Waals surface area contributed by atoms with Crippen molar-refractivity contribution < 1.29 is 14.0 Å². The Balaban J connectivity index is 1.72. The molecule has 1 aliphatic heterocycles. The van der Waals surface area contributed by atoms with Crippen molar-refractivity contribution >= 4 is 23.0 Å². The van der Waals surface area contributed by atoms with E-state index in [0.717, 1.165) is 31.4 Å². The number of nitrogens with one attached hydrogen (secondary N) is 1. The second kappa shape index (κ2) is 8.85. The highest BCUT2D eigenvalue weighted by Gasteiger charge is 2.25. The summed E-state index contributed by atoms with van der Waals surface area (Å²) in [5.74, 6) is -1.14. The molecule has 5 nitrogen and oxygen atoms in total. The van der Waals surface area contributed by atoms with E-state index in [9.17, 15) is 14.0 Å². The number of carbonyl (C=O) groups excluding carboxylic acids is 2. The maximum Gasteiger partial charge on any atom is 0.248 e. The lowest BCUT2D eigenvalue weighted by Gasteiger charge is -2.22. The molecule has 0 saturated carbocycles. The Labute approximate surface area is 178 Å². The van der Waals surface area contributed by atoms with Crippen molar-refractivity contribution in [1.29, 1.82) is 0 Å². The second-order valence-corrected chi connectivity index (χ2v) is 8.20. The molecule has 2 aromatic carbocycles. The van der Waals surface area contributed by atoms with Crippen molar-refractivity contribution in [2.24, 2.45) is 5.73 Å². The molecule has 7 heteroatoms. The normalized spacial score (nSPS) is 16.4. The van der Waals surface area contributed by atoms with Crippen LogP contribution in [0.4, 0.5) is 4.39 Å². The van der Waals surface area contributed by atoms with Crippen molar-refractivity contribution in [2.75, 3.05) is 6.54 Å². The minimum Gasteiger partial charge on any atom is -0.366 e. The summed E-state index contributed by atoms with van der Waals surface area (Å²) in [6, 6.07) is 13.1. The highest BCUT2D eigenvalue weighted by Crippen LogP contribution is 2.37. The summed E-state index contributed by atoms with van der Waals surface area (Å²) >= 11 is 1.26. The zero-order valence-electron chi connectivity index (χ0n) is 16.2. The molecule has 1 aromatic heterocycles. The molecule has 1 saturated heterocycles. The van der Waals surface area contributed by atoms with Gasteiger partial charge in [-0.3, -0.25) is 9.59 Å². The monoisotopic (exact) mass is 422 g/mol. The first-order chi connectivity index (χ1) is 14.5. The molecule has 1 fully saturated rings. The number of primary amides is 1. The van der Waals surface area contributed by atoms with Gasteiger partial charge in [-0.15, -0.1) is 11.3 Å². The predicted molar refractivity (Wildman–Crippen MR) is 116 cm³/mol. The van der Waals surface area contributed by atoms with E-state index in [0.29, 0.717) is 21.0 Å². The highest BCUT2D eigenvalue weighted by molar-refractivity contribution is 7.18. The third-order valence-corrected chi connectivity index (χ3v) is 6.23. The van der Waals surface area contributed by atoms with Crippen LogP contribution in [0.2, 0.25) is 0 Å². The van der Waals surface area contributed by atoms with Crippen LogP contribution in [0.25, 0.3) is 21.0 Å². The number of thiazole rings is 1. The minimum atomic E-state index is -0.516. The summed E-state index contributed by atoms with van der Waals surface area (Å²) in [6.07, 6.45) is 4.71. The van der Waals surface area contributed by atoms with E-state index in [2.05, 4.69) is 10.3 Å². The van der Waals surface area contributed by atoms with Gasteiger partial charge in [-0.2, -0.15) is 0 Å². The summed E-state index contributed by atoms with van der Waals surface area (Å²) in [4.78, 5) is 29.5. The van der Waals surface area contributed by atoms with E-state index in [-0.39, 0.29) is 17.5 Å². The number of Topliss-reactive ketones (excluding diaryl/α,β-unsaturated/α-hetero) is 1. The van der Waals surface area contributed by atoms with Gasteiger partial charge in [-0.05, 0) is 37.6 Å². The molecule has 4 rings (SSSR count). The summed E-state index contributed by atoms with van der Waals surface area (Å²) in [5.41, 5.74) is 7.02. The molecular formula is C23H21FN3O2S. The molecule has 30 heavy (non-hydrogen) atoms. The molecular weight excluding hydrogens is 401 g/mol. The first kappa shape index (κ1) is 20.4. The van der Waals surface area contributed by atoms with Crippen LogP contribution in [0.15, 0.2) is 48.5 Å². The zero-order valence-corrected chi connectivity index (χ0v) is 17.0. The number of hydrogen-bond acceptors (Lipinski definition) is 5. The van der Waals surface area contributed by atoms with Crippen LogP contribution < -0.4 is 11.1 Å². The number of halogens is 1. The van der Waals surface area contributed by atoms with Crippen molar-refractivity contribution in [2.45, 2.75) is 25.3 Å². The lowest BCUT2D eigenvalue weighted by atomic mass is 9.98. The fourth-order valence-electron chi connectivity index (χ4n) is 3.50. The first-order valence-corrected chi connectivity index (χ1v) is 10.6. The summed E-state index contributed by atoms with van der Waals surface area (Å²) in [7, 11) is 0. The molecule has 153 valence electrons. The average molecular weight is 423 g/mol. The van der Waals surface area contributed by atoms with E-state index in [4.69, 9.17) is 5.73 Å². The molecule has 2 heterocycles. The lowest BCUT2D eigenvalue weighted by molar-refractivity contribution is 0.0996. The fourth-order valence-corrected chi connectivity index (χ4v) is 4.60. The van der Waals surface area contributed by atoms with Crippen LogP contribution in [0.5, 0.6) is 0 Å². The van der Waals surface area contributed by atoms with Crippen molar-refractivity contribution in [3.8, 4) is 21.0 Å². The Morgan fingerprint density at radius 1 is 1.13 bits per heavy atom. The van der Waals surface area contributed by atoms with E-state index in [1.807, 2.05) is 0 Å². The topological polar surface area (TPSA) is 85.1 Å². The molecule has 1 atom stereocenters. The minimum absolute atomic E-state index is 0.000259. The Morgan fingerprint density at radius 2 is 1.90 bits per heavy atom. The first-order valence-electron chi connectivity index (χ1n) is 9.81. The molecule has 0 bridgehead atoms. The van der Waals surface area contributed by atoms with Crippen LogP contribution in [0, 0.1) is 12.2 Å². The van der Waals surface area contributed by atoms with Crippen LogP contribution in [-0.2, 0) is 0 Å². The lowest BCUT2D eigenvalue weighted by Crippen LogP contribution is -2.36. The number of hydrogen-bond donors (Lipinski definition) is 2. The van der Waals surface area contributed by atoms with E-state index in [1.165, 1.54) is 17.4 Å². The van der Waals surface area contributed by atoms with Gasteiger partial charge in [0.05, 0.1) is 11.3 Å². The Bertz CT molecular complexity index is 1070. The number of rotatable bonds is 6. The van der Waals surface area contributed by atoms with E-state index < -0.39 is 11.7 Å². The van der Waals surface area contributed by atoms with Gasteiger partial charge in [-0.1, -0.05) is 36.8 Å². The molecule has 3 N–H and O–H groups in total. The average Bonchev–Trinajstić information content (AvgIpc) is 3.20. The van der Waals surface area contributed by atoms with Gasteiger partial charge >= 0.3 is 0 Å². The van der Waals surface area contributed by atoms with Crippen LogP contribution >= 0.6 is 11.3 Å². The van der Waals surface area contributed by atoms with Crippen molar-refractivity contribution in [3.05, 3.63) is 72.0 Å². The predicted octanol–water partition coefficient (Wildman–Crippen LogP) is 4.24. The van der Waals surface area contributed by atoms with E-state index in [1.54, 1.807) is 48.9 Å². The number of aromatic nitrogens is 1. The van der Waals surface area contributed by atoms with Gasteiger partial charge in [0.1, 0.15) is 16.5 Å². The standard InChI is InChI=1S/C23H21FN3O2S/c24-18-7-2-1-6-17(18)21-20(19(28)13-16-5-3-4-12-26-16)27-23(30-21)15-10-8-14(9-11-15)22(25)29/h1-2,6-11,13,16,26H,3-5,12H2,(H2,25,29). The zero-order chi connectivity index (χ0) is 21.1. The third-order valence-electron chi connectivity index (χ3n) is 5.10. The second-order valence-electron chi connectivity index (χ2n) is 7.21. The maximum atomic E-state index is 14.5. The third kappa shape index (κ3) is 4.32. The number of piperidine rings is 1. The van der Waals surface area contributed by atoms with Gasteiger partial charge in [-0.25, -0.2) is 9.37 Å². The molecule has 0 aliphatic carbocycles. The van der Waals surface area contributed by atoms with E-state index >= 15 is 0 Å². The summed E-state index contributed by atoms with van der Waals surface area (Å²) in [5, 5.41) is 3.91. The van der Waals surface area contributed by atoms with Gasteiger partial charge in [0.2, 0.25) is 5.91 Å². The van der Waals surface area contributed by atoms with Crippen LogP contribution in [0.1, 0.15) is 40.1 Å². The Morgan fingerprint density at radius 3 is 2.57 bits per heavy atom. The van der Waals surface area contributed by atoms with Crippen LogP contribution in [-0.4, -0.2) is 29.3 Å². The number of nitrogens with two attached hydrogens (primary N) is 1. The van der Waals surface area contributed by atoms with Crippen molar-refractivity contribution in [1.82, 2.24) is 10.3 Å². The summed E-state index contributed by atoms with van der Waals surface area (Å²) < 4.78 is 14.5. The fraction of sp³-hybridized carbons (Fsp3) is 0.217. The molecule has 1 unspecified atom stereocenters. The molecule has 0 spiro atoms. The summed E-state index contributed by atoms with van der Waals surface area (Å²) in [6.45, 7) is 0.878. The van der Waals surface area contributed by atoms with Crippen LogP contribution in [0.3, 0.4) is 0 Å². The largest absolute Gasteiger partial charge is 0.366 e. The number of ketones is 1. The number of amides is 1. The highest BCUT2D eigenvalue weighted by atomic mass is 32.1. The molecule has 1 amide bonds. The smallest absolute Gasteiger partial charge is 0.248 e. The molecule has 3 aromatic rings. The Kier molecular flexibility index (Phi) is 6.01. The number of carbonyl (C=O) groups is 2.